The summed E-state index contributed by atoms with van der Waals surface area (Å²) in [5, 5.41) is 0. The molecule has 0 bridgehead atoms. The van der Waals surface area contributed by atoms with Gasteiger partial charge in [-0.05, 0) is 34.2 Å². The van der Waals surface area contributed by atoms with Gasteiger partial charge in [-0.3, -0.25) is 0 Å². The number of hydrogen-bond acceptors (Lipinski definition) is 2. The van der Waals surface area contributed by atoms with Crippen LogP contribution in [0.1, 0.15) is 43.5 Å². The Balaban J connectivity index is 2.26. The molecule has 1 unspecified atom stereocenters. The molecule has 0 aliphatic carbocycles. The van der Waals surface area contributed by atoms with Gasteiger partial charge in [0, 0.05) is 0 Å². The van der Waals surface area contributed by atoms with Crippen LogP contribution in [0.15, 0.2) is 48.5 Å². The fraction of sp³-hybridized carbons (Fsp3) is 0.333. The third-order valence-corrected chi connectivity index (χ3v) is 3.59. The van der Waals surface area contributed by atoms with E-state index in [-0.39, 0.29) is 11.5 Å². The molecular weight excluding hydrogens is 246 g/mol. The summed E-state index contributed by atoms with van der Waals surface area (Å²) in [5.41, 5.74) is 10.0. The first kappa shape index (κ1) is 14.6. The summed E-state index contributed by atoms with van der Waals surface area (Å²) in [6, 6.07) is 16.4. The standard InChI is InChI=1S/C18H23NO/c1-18(2,3)15-10-8-13(9-11-15)17(19)14-6-5-7-16(12-14)20-4/h5-12,17H,19H2,1-4H3. The molecule has 0 aliphatic heterocycles. The van der Waals surface area contributed by atoms with Gasteiger partial charge in [-0.15, -0.1) is 0 Å². The molecule has 0 amide bonds. The highest BCUT2D eigenvalue weighted by atomic mass is 16.5. The third-order valence-electron chi connectivity index (χ3n) is 3.59. The van der Waals surface area contributed by atoms with Crippen molar-refractivity contribution in [3.63, 3.8) is 0 Å². The summed E-state index contributed by atoms with van der Waals surface area (Å²) in [4.78, 5) is 0. The molecule has 0 fully saturated rings. The molecule has 0 saturated carbocycles. The van der Waals surface area contributed by atoms with E-state index in [1.54, 1.807) is 7.11 Å². The first-order valence-corrected chi connectivity index (χ1v) is 6.92. The lowest BCUT2D eigenvalue weighted by Gasteiger charge is -2.20. The Morgan fingerprint density at radius 3 is 2.15 bits per heavy atom. The van der Waals surface area contributed by atoms with Crippen LogP contribution in [-0.4, -0.2) is 7.11 Å². The average molecular weight is 269 g/mol. The molecule has 0 aliphatic rings. The van der Waals surface area contributed by atoms with Gasteiger partial charge in [0.05, 0.1) is 13.2 Å². The fourth-order valence-electron chi connectivity index (χ4n) is 2.22. The average Bonchev–Trinajstić information content (AvgIpc) is 2.46. The maximum absolute atomic E-state index is 6.34. The molecule has 0 radical (unpaired) electrons. The minimum Gasteiger partial charge on any atom is -0.497 e. The van der Waals surface area contributed by atoms with Gasteiger partial charge < -0.3 is 10.5 Å². The van der Waals surface area contributed by atoms with Crippen molar-refractivity contribution in [2.45, 2.75) is 32.2 Å². The predicted octanol–water partition coefficient (Wildman–Crippen LogP) is 4.04. The number of benzene rings is 2. The second kappa shape index (κ2) is 5.68. The van der Waals surface area contributed by atoms with Gasteiger partial charge in [-0.25, -0.2) is 0 Å². The third kappa shape index (κ3) is 3.20. The smallest absolute Gasteiger partial charge is 0.119 e. The van der Waals surface area contributed by atoms with E-state index >= 15 is 0 Å². The molecule has 0 heterocycles. The molecule has 2 aromatic rings. The molecule has 0 saturated heterocycles. The van der Waals surface area contributed by atoms with E-state index < -0.39 is 0 Å². The maximum atomic E-state index is 6.34. The summed E-state index contributed by atoms with van der Waals surface area (Å²) < 4.78 is 5.25. The Bertz CT molecular complexity index is 567. The van der Waals surface area contributed by atoms with Crippen LogP contribution < -0.4 is 10.5 Å². The molecule has 0 aromatic heterocycles. The van der Waals surface area contributed by atoms with Crippen molar-refractivity contribution in [3.05, 3.63) is 65.2 Å². The second-order valence-corrected chi connectivity index (χ2v) is 6.13. The van der Waals surface area contributed by atoms with Crippen LogP contribution in [0.4, 0.5) is 0 Å². The second-order valence-electron chi connectivity index (χ2n) is 6.13. The number of rotatable bonds is 3. The van der Waals surface area contributed by atoms with Gasteiger partial charge in [-0.1, -0.05) is 57.2 Å². The molecule has 2 heteroatoms. The van der Waals surface area contributed by atoms with Gasteiger partial charge in [-0.2, -0.15) is 0 Å². The molecular formula is C18H23NO. The van der Waals surface area contributed by atoms with Crippen molar-refractivity contribution in [2.75, 3.05) is 7.11 Å². The zero-order valence-corrected chi connectivity index (χ0v) is 12.7. The molecule has 2 rings (SSSR count). The van der Waals surface area contributed by atoms with Crippen LogP contribution in [0.5, 0.6) is 5.75 Å². The zero-order valence-electron chi connectivity index (χ0n) is 12.7. The first-order chi connectivity index (χ1) is 9.41. The van der Waals surface area contributed by atoms with E-state index in [0.717, 1.165) is 16.9 Å². The van der Waals surface area contributed by atoms with Crippen LogP contribution in [0.25, 0.3) is 0 Å². The summed E-state index contributed by atoms with van der Waals surface area (Å²) in [6.45, 7) is 6.64. The summed E-state index contributed by atoms with van der Waals surface area (Å²) in [7, 11) is 1.67. The highest BCUT2D eigenvalue weighted by molar-refractivity contribution is 5.38. The molecule has 2 nitrogen and oxygen atoms in total. The summed E-state index contributed by atoms with van der Waals surface area (Å²) >= 11 is 0. The summed E-state index contributed by atoms with van der Waals surface area (Å²) in [6.07, 6.45) is 0. The molecule has 20 heavy (non-hydrogen) atoms. The monoisotopic (exact) mass is 269 g/mol. The normalized spacial score (nSPS) is 13.1. The Kier molecular flexibility index (Phi) is 4.15. The van der Waals surface area contributed by atoms with E-state index in [1.165, 1.54) is 5.56 Å². The van der Waals surface area contributed by atoms with Crippen LogP contribution in [0.2, 0.25) is 0 Å². The maximum Gasteiger partial charge on any atom is 0.119 e. The number of nitrogens with two attached hydrogens (primary N) is 1. The number of hydrogen-bond donors (Lipinski definition) is 1. The van der Waals surface area contributed by atoms with Crippen molar-refractivity contribution < 1.29 is 4.74 Å². The lowest BCUT2D eigenvalue weighted by molar-refractivity contribution is 0.414. The van der Waals surface area contributed by atoms with Crippen molar-refractivity contribution in [3.8, 4) is 5.75 Å². The number of methoxy groups -OCH3 is 1. The topological polar surface area (TPSA) is 35.2 Å². The molecule has 1 atom stereocenters. The van der Waals surface area contributed by atoms with E-state index in [1.807, 2.05) is 24.3 Å². The SMILES string of the molecule is COc1cccc(C(N)c2ccc(C(C)(C)C)cc2)c1. The van der Waals surface area contributed by atoms with Crippen molar-refractivity contribution in [1.82, 2.24) is 0 Å². The van der Waals surface area contributed by atoms with Gasteiger partial charge in [0.1, 0.15) is 5.75 Å². The van der Waals surface area contributed by atoms with Crippen molar-refractivity contribution in [1.29, 1.82) is 0 Å². The zero-order chi connectivity index (χ0) is 14.8. The van der Waals surface area contributed by atoms with Gasteiger partial charge in [0.2, 0.25) is 0 Å². The Hall–Kier alpha value is -1.80. The minimum absolute atomic E-state index is 0.126. The van der Waals surface area contributed by atoms with Gasteiger partial charge >= 0.3 is 0 Å². The van der Waals surface area contributed by atoms with Crippen LogP contribution in [0.3, 0.4) is 0 Å². The lowest BCUT2D eigenvalue weighted by Crippen LogP contribution is -2.14. The highest BCUT2D eigenvalue weighted by Gasteiger charge is 2.15. The fourth-order valence-corrected chi connectivity index (χ4v) is 2.22. The number of ether oxygens (including phenoxy) is 1. The highest BCUT2D eigenvalue weighted by Crippen LogP contribution is 2.26. The van der Waals surface area contributed by atoms with E-state index in [4.69, 9.17) is 10.5 Å². The largest absolute Gasteiger partial charge is 0.497 e. The summed E-state index contributed by atoms with van der Waals surface area (Å²) in [5.74, 6) is 0.837. The molecule has 0 spiro atoms. The van der Waals surface area contributed by atoms with Crippen LogP contribution >= 0.6 is 0 Å². The van der Waals surface area contributed by atoms with Gasteiger partial charge in [0.25, 0.3) is 0 Å². The first-order valence-electron chi connectivity index (χ1n) is 6.92. The predicted molar refractivity (Wildman–Crippen MR) is 84.2 cm³/mol. The van der Waals surface area contributed by atoms with E-state index in [2.05, 4.69) is 45.0 Å². The lowest BCUT2D eigenvalue weighted by atomic mass is 9.86. The van der Waals surface area contributed by atoms with Crippen LogP contribution in [-0.2, 0) is 5.41 Å². The molecule has 2 aromatic carbocycles. The molecule has 106 valence electrons. The van der Waals surface area contributed by atoms with Gasteiger partial charge in [0.15, 0.2) is 0 Å². The van der Waals surface area contributed by atoms with Crippen LogP contribution in [0, 0.1) is 0 Å². The van der Waals surface area contributed by atoms with E-state index in [9.17, 15) is 0 Å². The van der Waals surface area contributed by atoms with Crippen molar-refractivity contribution >= 4 is 0 Å². The Morgan fingerprint density at radius 1 is 0.950 bits per heavy atom. The van der Waals surface area contributed by atoms with Crippen molar-refractivity contribution in [2.24, 2.45) is 5.73 Å². The molecule has 2 N–H and O–H groups in total. The Morgan fingerprint density at radius 2 is 1.60 bits per heavy atom. The minimum atomic E-state index is -0.126. The quantitative estimate of drug-likeness (QED) is 0.912. The Labute approximate surface area is 121 Å². The van der Waals surface area contributed by atoms with E-state index in [0.29, 0.717) is 0 Å².